The van der Waals surface area contributed by atoms with E-state index in [-0.39, 0.29) is 12.3 Å². The number of rotatable bonds is 6. The van der Waals surface area contributed by atoms with E-state index in [2.05, 4.69) is 0 Å². The minimum atomic E-state index is -2.45. The summed E-state index contributed by atoms with van der Waals surface area (Å²) in [5, 5.41) is 11.1. The molecule has 3 saturated heterocycles. The molecule has 10 heteroatoms. The van der Waals surface area contributed by atoms with Gasteiger partial charge in [0.15, 0.2) is 5.60 Å². The lowest BCUT2D eigenvalue weighted by Gasteiger charge is -2.60. The Hall–Kier alpha value is -3.76. The van der Waals surface area contributed by atoms with Gasteiger partial charge in [0.05, 0.1) is 12.8 Å². The second-order valence-corrected chi connectivity index (χ2v) is 10.9. The Bertz CT molecular complexity index is 1300. The Kier molecular flexibility index (Phi) is 7.18. The van der Waals surface area contributed by atoms with Crippen LogP contribution in [0.1, 0.15) is 45.6 Å². The SMILES string of the molecule is CCC(=O)N(c1ccccc1)C1C(C)CN(CCc2ccccc2)C2(C)OC(=O)CC3(O)CC(=O)OC12OC3=O. The topological polar surface area (TPSA) is 123 Å². The number of piperidine rings is 1. The lowest BCUT2D eigenvalue weighted by Crippen LogP contribution is -2.81. The minimum absolute atomic E-state index is 0.105. The number of amides is 1. The van der Waals surface area contributed by atoms with E-state index in [1.54, 1.807) is 44.2 Å². The lowest BCUT2D eigenvalue weighted by molar-refractivity contribution is -0.359. The van der Waals surface area contributed by atoms with Crippen molar-refractivity contribution in [1.82, 2.24) is 4.90 Å². The molecule has 0 aromatic heterocycles. The first-order chi connectivity index (χ1) is 19.0. The van der Waals surface area contributed by atoms with Gasteiger partial charge in [-0.3, -0.25) is 19.3 Å². The molecule has 5 rings (SSSR count). The van der Waals surface area contributed by atoms with Crippen molar-refractivity contribution in [2.24, 2.45) is 5.92 Å². The minimum Gasteiger partial charge on any atom is -0.435 e. The van der Waals surface area contributed by atoms with E-state index < -0.39 is 59.8 Å². The molecule has 2 bridgehead atoms. The van der Waals surface area contributed by atoms with Crippen LogP contribution in [-0.4, -0.2) is 70.1 Å². The fourth-order valence-electron chi connectivity index (χ4n) is 6.19. The van der Waals surface area contributed by atoms with Crippen LogP contribution in [0.3, 0.4) is 0 Å². The molecule has 2 aromatic rings. The molecule has 2 aromatic carbocycles. The molecular formula is C30H34N2O8. The van der Waals surface area contributed by atoms with Crippen LogP contribution in [0, 0.1) is 5.92 Å². The summed E-state index contributed by atoms with van der Waals surface area (Å²) in [6, 6.07) is 17.4. The summed E-state index contributed by atoms with van der Waals surface area (Å²) in [5.74, 6) is -6.01. The number of hydrogen-bond acceptors (Lipinski definition) is 9. The summed E-state index contributed by atoms with van der Waals surface area (Å²) in [6.07, 6.45) is -0.885. The van der Waals surface area contributed by atoms with Crippen molar-refractivity contribution in [3.05, 3.63) is 66.2 Å². The molecule has 10 nitrogen and oxygen atoms in total. The van der Waals surface area contributed by atoms with Crippen molar-refractivity contribution in [3.8, 4) is 0 Å². The first-order valence-corrected chi connectivity index (χ1v) is 13.6. The van der Waals surface area contributed by atoms with Crippen molar-refractivity contribution < 1.29 is 38.5 Å². The van der Waals surface area contributed by atoms with Crippen LogP contribution in [0.15, 0.2) is 60.7 Å². The zero-order chi connectivity index (χ0) is 28.7. The van der Waals surface area contributed by atoms with Crippen molar-refractivity contribution in [1.29, 1.82) is 0 Å². The standard InChI is InChI=1S/C30H34N2O8/c1-4-23(33)32(22-13-9-6-10-14-22)26-20(2)19-31(16-15-21-11-7-5-8-12-21)28(3)30(26)39-25(35)18-29(37,27(36)40-30)17-24(34)38-28/h5-14,20,26,37H,4,15-19H2,1-3H3. The zero-order valence-corrected chi connectivity index (χ0v) is 22.9. The molecule has 5 atom stereocenters. The summed E-state index contributed by atoms with van der Waals surface area (Å²) in [7, 11) is 0. The number of aliphatic hydroxyl groups is 1. The third kappa shape index (κ3) is 4.54. The smallest absolute Gasteiger partial charge is 0.342 e. The number of esters is 3. The van der Waals surface area contributed by atoms with Crippen LogP contribution in [0.25, 0.3) is 0 Å². The summed E-state index contributed by atoms with van der Waals surface area (Å²) < 4.78 is 18.2. The van der Waals surface area contributed by atoms with Crippen molar-refractivity contribution >= 4 is 29.5 Å². The highest BCUT2D eigenvalue weighted by Crippen LogP contribution is 2.51. The van der Waals surface area contributed by atoms with Gasteiger partial charge in [0, 0.05) is 25.2 Å². The van der Waals surface area contributed by atoms with Gasteiger partial charge >= 0.3 is 23.7 Å². The molecule has 0 saturated carbocycles. The second kappa shape index (κ2) is 10.3. The fourth-order valence-corrected chi connectivity index (χ4v) is 6.19. The lowest BCUT2D eigenvalue weighted by atomic mass is 9.78. The molecule has 3 heterocycles. The van der Waals surface area contributed by atoms with Crippen molar-refractivity contribution in [2.45, 2.75) is 69.6 Å². The highest BCUT2D eigenvalue weighted by Gasteiger charge is 2.74. The Balaban J connectivity index is 1.71. The van der Waals surface area contributed by atoms with Gasteiger partial charge in [-0.25, -0.2) is 4.79 Å². The molecule has 212 valence electrons. The van der Waals surface area contributed by atoms with Crippen molar-refractivity contribution in [3.63, 3.8) is 0 Å². The van der Waals surface area contributed by atoms with E-state index in [9.17, 15) is 24.3 Å². The van der Waals surface area contributed by atoms with Crippen LogP contribution >= 0.6 is 0 Å². The number of benzene rings is 2. The van der Waals surface area contributed by atoms with Gasteiger partial charge in [0.2, 0.25) is 11.6 Å². The van der Waals surface area contributed by atoms with Gasteiger partial charge in [-0.1, -0.05) is 62.4 Å². The molecule has 3 fully saturated rings. The number of anilines is 1. The molecule has 3 aliphatic rings. The van der Waals surface area contributed by atoms with E-state index in [0.717, 1.165) is 5.56 Å². The van der Waals surface area contributed by atoms with E-state index in [0.29, 0.717) is 25.2 Å². The Morgan fingerprint density at radius 1 is 0.975 bits per heavy atom. The van der Waals surface area contributed by atoms with Crippen LogP contribution < -0.4 is 4.90 Å². The number of likely N-dealkylation sites (tertiary alicyclic amines) is 1. The number of nitrogens with zero attached hydrogens (tertiary/aromatic N) is 2. The number of para-hydroxylation sites is 1. The van der Waals surface area contributed by atoms with Gasteiger partial charge in [0.1, 0.15) is 6.04 Å². The molecule has 1 N–H and O–H groups in total. The summed E-state index contributed by atoms with van der Waals surface area (Å²) in [4.78, 5) is 57.1. The van der Waals surface area contributed by atoms with Gasteiger partial charge in [-0.05, 0) is 37.0 Å². The van der Waals surface area contributed by atoms with E-state index in [1.165, 1.54) is 4.90 Å². The van der Waals surface area contributed by atoms with E-state index >= 15 is 0 Å². The maximum Gasteiger partial charge on any atom is 0.342 e. The Morgan fingerprint density at radius 2 is 1.57 bits per heavy atom. The molecule has 3 aliphatic heterocycles. The largest absolute Gasteiger partial charge is 0.435 e. The van der Waals surface area contributed by atoms with Gasteiger partial charge < -0.3 is 24.2 Å². The average molecular weight is 551 g/mol. The predicted octanol–water partition coefficient (Wildman–Crippen LogP) is 2.57. The average Bonchev–Trinajstić information content (AvgIpc) is 2.99. The maximum atomic E-state index is 13.6. The molecule has 0 radical (unpaired) electrons. The third-order valence-corrected chi connectivity index (χ3v) is 8.16. The molecule has 1 amide bonds. The summed E-state index contributed by atoms with van der Waals surface area (Å²) >= 11 is 0. The van der Waals surface area contributed by atoms with Crippen LogP contribution in [-0.2, 0) is 39.8 Å². The maximum absolute atomic E-state index is 13.6. The monoisotopic (exact) mass is 550 g/mol. The summed E-state index contributed by atoms with van der Waals surface area (Å²) in [6.45, 7) is 5.80. The Morgan fingerprint density at radius 3 is 2.20 bits per heavy atom. The second-order valence-electron chi connectivity index (χ2n) is 10.9. The highest BCUT2D eigenvalue weighted by atomic mass is 16.8. The number of carbonyl (C=O) groups excluding carboxylic acids is 4. The van der Waals surface area contributed by atoms with Gasteiger partial charge in [0.25, 0.3) is 0 Å². The first kappa shape index (κ1) is 27.8. The predicted molar refractivity (Wildman–Crippen MR) is 142 cm³/mol. The molecule has 0 aliphatic carbocycles. The Labute approximate surface area is 232 Å². The quantitative estimate of drug-likeness (QED) is 0.541. The zero-order valence-electron chi connectivity index (χ0n) is 22.9. The number of carbonyl (C=O) groups is 4. The number of fused-ring (bicyclic) bond motifs is 2. The van der Waals surface area contributed by atoms with E-state index in [4.69, 9.17) is 14.2 Å². The van der Waals surface area contributed by atoms with Crippen LogP contribution in [0.5, 0.6) is 0 Å². The first-order valence-electron chi connectivity index (χ1n) is 13.6. The molecule has 5 unspecified atom stereocenters. The van der Waals surface area contributed by atoms with Gasteiger partial charge in [-0.15, -0.1) is 0 Å². The number of hydrogen-bond donors (Lipinski definition) is 1. The van der Waals surface area contributed by atoms with E-state index in [1.807, 2.05) is 42.2 Å². The van der Waals surface area contributed by atoms with Gasteiger partial charge in [-0.2, -0.15) is 0 Å². The fraction of sp³-hybridized carbons (Fsp3) is 0.467. The third-order valence-electron chi connectivity index (χ3n) is 8.16. The number of ether oxygens (including phenoxy) is 3. The van der Waals surface area contributed by atoms with Crippen LogP contribution in [0.2, 0.25) is 0 Å². The normalized spacial score (nSPS) is 32.0. The van der Waals surface area contributed by atoms with Crippen LogP contribution in [0.4, 0.5) is 5.69 Å². The molecular weight excluding hydrogens is 516 g/mol. The molecule has 1 spiro atoms. The summed E-state index contributed by atoms with van der Waals surface area (Å²) in [5.41, 5.74) is -2.75. The highest BCUT2D eigenvalue weighted by molar-refractivity contribution is 5.96. The van der Waals surface area contributed by atoms with Crippen molar-refractivity contribution in [2.75, 3.05) is 18.0 Å². The molecule has 40 heavy (non-hydrogen) atoms.